The highest BCUT2D eigenvalue weighted by Crippen LogP contribution is 2.36. The number of aliphatic hydroxyl groups excluding tert-OH is 1. The van der Waals surface area contributed by atoms with Crippen molar-refractivity contribution < 1.29 is 13.5 Å². The number of benzene rings is 1. The molecular weight excluding hydrogens is 310 g/mol. The van der Waals surface area contributed by atoms with Crippen LogP contribution in [0.2, 0.25) is 0 Å². The molecule has 1 aromatic carbocycles. The van der Waals surface area contributed by atoms with Crippen LogP contribution in [-0.2, 0) is 10.0 Å². The molecule has 2 atom stereocenters. The fourth-order valence-corrected chi connectivity index (χ4v) is 5.76. The van der Waals surface area contributed by atoms with E-state index in [4.69, 9.17) is 0 Å². The SMILES string of the molecule is Cc1ccc(S(=O)(=O)N2CC[C@H](O)C[C@H]2C2CCCCC2)cc1. The molecule has 23 heavy (non-hydrogen) atoms. The van der Waals surface area contributed by atoms with Crippen molar-refractivity contribution in [2.24, 2.45) is 5.92 Å². The van der Waals surface area contributed by atoms with Crippen molar-refractivity contribution in [3.63, 3.8) is 0 Å². The molecule has 2 aliphatic rings. The van der Waals surface area contributed by atoms with E-state index in [-0.39, 0.29) is 12.1 Å². The number of hydrogen-bond acceptors (Lipinski definition) is 3. The minimum atomic E-state index is -3.48. The molecule has 1 aromatic rings. The van der Waals surface area contributed by atoms with Crippen LogP contribution in [0.4, 0.5) is 0 Å². The monoisotopic (exact) mass is 337 g/mol. The maximum absolute atomic E-state index is 13.1. The molecule has 0 amide bonds. The molecule has 1 saturated carbocycles. The molecule has 0 bridgehead atoms. The number of aryl methyl sites for hydroxylation is 1. The largest absolute Gasteiger partial charge is 0.393 e. The van der Waals surface area contributed by atoms with Crippen LogP contribution in [0.1, 0.15) is 50.5 Å². The quantitative estimate of drug-likeness (QED) is 0.922. The molecule has 3 rings (SSSR count). The lowest BCUT2D eigenvalue weighted by molar-refractivity contribution is 0.0501. The van der Waals surface area contributed by atoms with Gasteiger partial charge in [0, 0.05) is 12.6 Å². The second-order valence-electron chi connectivity index (χ2n) is 7.07. The van der Waals surface area contributed by atoms with E-state index in [9.17, 15) is 13.5 Å². The molecule has 0 spiro atoms. The Morgan fingerprint density at radius 2 is 1.70 bits per heavy atom. The summed E-state index contributed by atoms with van der Waals surface area (Å²) in [5.41, 5.74) is 1.06. The summed E-state index contributed by atoms with van der Waals surface area (Å²) >= 11 is 0. The van der Waals surface area contributed by atoms with E-state index in [1.807, 2.05) is 19.1 Å². The first-order valence-corrected chi connectivity index (χ1v) is 10.2. The topological polar surface area (TPSA) is 57.6 Å². The zero-order chi connectivity index (χ0) is 16.4. The molecule has 5 heteroatoms. The van der Waals surface area contributed by atoms with Gasteiger partial charge in [0.25, 0.3) is 0 Å². The van der Waals surface area contributed by atoms with Gasteiger partial charge in [-0.15, -0.1) is 0 Å². The third kappa shape index (κ3) is 3.62. The first kappa shape index (κ1) is 16.9. The van der Waals surface area contributed by atoms with Crippen molar-refractivity contribution in [3.05, 3.63) is 29.8 Å². The predicted octanol–water partition coefficient (Wildman–Crippen LogP) is 3.09. The highest BCUT2D eigenvalue weighted by molar-refractivity contribution is 7.89. The normalized spacial score (nSPS) is 27.9. The van der Waals surface area contributed by atoms with Gasteiger partial charge in [0.1, 0.15) is 0 Å². The van der Waals surface area contributed by atoms with Gasteiger partial charge in [-0.3, -0.25) is 0 Å². The molecular formula is C18H27NO3S. The number of piperidine rings is 1. The van der Waals surface area contributed by atoms with Gasteiger partial charge in [0.2, 0.25) is 10.0 Å². The summed E-state index contributed by atoms with van der Waals surface area (Å²) in [7, 11) is -3.48. The number of sulfonamides is 1. The lowest BCUT2D eigenvalue weighted by atomic mass is 9.80. The van der Waals surface area contributed by atoms with Crippen molar-refractivity contribution in [2.45, 2.75) is 68.9 Å². The summed E-state index contributed by atoms with van der Waals surface area (Å²) in [5.74, 6) is 0.388. The Morgan fingerprint density at radius 3 is 2.35 bits per heavy atom. The molecule has 0 radical (unpaired) electrons. The zero-order valence-corrected chi connectivity index (χ0v) is 14.6. The third-order valence-electron chi connectivity index (χ3n) is 5.39. The highest BCUT2D eigenvalue weighted by Gasteiger charge is 2.40. The van der Waals surface area contributed by atoms with Gasteiger partial charge in [-0.2, -0.15) is 4.31 Å². The lowest BCUT2D eigenvalue weighted by Crippen LogP contribution is -2.51. The molecule has 1 aliphatic carbocycles. The van der Waals surface area contributed by atoms with E-state index in [0.29, 0.717) is 30.2 Å². The number of nitrogens with zero attached hydrogens (tertiary/aromatic N) is 1. The Hall–Kier alpha value is -0.910. The molecule has 128 valence electrons. The van der Waals surface area contributed by atoms with Crippen LogP contribution in [0.5, 0.6) is 0 Å². The summed E-state index contributed by atoms with van der Waals surface area (Å²) < 4.78 is 27.9. The predicted molar refractivity (Wildman–Crippen MR) is 90.7 cm³/mol. The molecule has 1 aliphatic heterocycles. The van der Waals surface area contributed by atoms with E-state index in [2.05, 4.69) is 0 Å². The minimum absolute atomic E-state index is 0.0506. The third-order valence-corrected chi connectivity index (χ3v) is 7.33. The number of aliphatic hydroxyl groups is 1. The van der Waals surface area contributed by atoms with E-state index >= 15 is 0 Å². The van der Waals surface area contributed by atoms with Crippen molar-refractivity contribution >= 4 is 10.0 Å². The minimum Gasteiger partial charge on any atom is -0.393 e. The van der Waals surface area contributed by atoms with Gasteiger partial charge in [0.05, 0.1) is 11.0 Å². The van der Waals surface area contributed by atoms with Crippen LogP contribution in [0, 0.1) is 12.8 Å². The lowest BCUT2D eigenvalue weighted by Gasteiger charge is -2.42. The van der Waals surface area contributed by atoms with Gasteiger partial charge >= 0.3 is 0 Å². The Morgan fingerprint density at radius 1 is 1.04 bits per heavy atom. The fraction of sp³-hybridized carbons (Fsp3) is 0.667. The zero-order valence-electron chi connectivity index (χ0n) is 13.8. The van der Waals surface area contributed by atoms with Gasteiger partial charge in [-0.25, -0.2) is 8.42 Å². The standard InChI is InChI=1S/C18H27NO3S/c1-14-7-9-17(10-8-14)23(21,22)19-12-11-16(20)13-18(19)15-5-3-2-4-6-15/h7-10,15-16,18,20H,2-6,11-13H2,1H3/t16-,18-/m0/s1. The van der Waals surface area contributed by atoms with Gasteiger partial charge in [-0.05, 0) is 50.7 Å². The average Bonchev–Trinajstić information content (AvgIpc) is 2.56. The molecule has 4 nitrogen and oxygen atoms in total. The van der Waals surface area contributed by atoms with Crippen molar-refractivity contribution in [1.82, 2.24) is 4.31 Å². The summed E-state index contributed by atoms with van der Waals surface area (Å²) in [5, 5.41) is 10.1. The molecule has 0 unspecified atom stereocenters. The summed E-state index contributed by atoms with van der Waals surface area (Å²) in [6.45, 7) is 2.39. The van der Waals surface area contributed by atoms with Crippen LogP contribution in [0.3, 0.4) is 0 Å². The first-order chi connectivity index (χ1) is 11.0. The first-order valence-electron chi connectivity index (χ1n) is 8.75. The highest BCUT2D eigenvalue weighted by atomic mass is 32.2. The second-order valence-corrected chi connectivity index (χ2v) is 8.96. The van der Waals surface area contributed by atoms with Gasteiger partial charge < -0.3 is 5.11 Å². The summed E-state index contributed by atoms with van der Waals surface area (Å²) in [6, 6.07) is 7.05. The maximum atomic E-state index is 13.1. The summed E-state index contributed by atoms with van der Waals surface area (Å²) in [6.07, 6.45) is 6.51. The number of rotatable bonds is 3. The van der Waals surface area contributed by atoms with E-state index in [0.717, 1.165) is 18.4 Å². The molecule has 2 fully saturated rings. The van der Waals surface area contributed by atoms with Crippen LogP contribution >= 0.6 is 0 Å². The second kappa shape index (κ2) is 6.91. The Balaban J connectivity index is 1.89. The molecule has 1 heterocycles. The van der Waals surface area contributed by atoms with E-state index < -0.39 is 10.0 Å². The van der Waals surface area contributed by atoms with Crippen molar-refractivity contribution in [1.29, 1.82) is 0 Å². The Labute approximate surface area is 139 Å². The van der Waals surface area contributed by atoms with Crippen LogP contribution in [0.15, 0.2) is 29.2 Å². The maximum Gasteiger partial charge on any atom is 0.243 e. The summed E-state index contributed by atoms with van der Waals surface area (Å²) in [4.78, 5) is 0.375. The van der Waals surface area contributed by atoms with E-state index in [1.54, 1.807) is 16.4 Å². The molecule has 0 aromatic heterocycles. The average molecular weight is 337 g/mol. The van der Waals surface area contributed by atoms with Gasteiger partial charge in [-0.1, -0.05) is 37.0 Å². The molecule has 1 saturated heterocycles. The number of hydrogen-bond donors (Lipinski definition) is 1. The van der Waals surface area contributed by atoms with E-state index in [1.165, 1.54) is 19.3 Å². The Bertz CT molecular complexity index is 620. The smallest absolute Gasteiger partial charge is 0.243 e. The Kier molecular flexibility index (Phi) is 5.09. The van der Waals surface area contributed by atoms with Gasteiger partial charge in [0.15, 0.2) is 0 Å². The van der Waals surface area contributed by atoms with Crippen LogP contribution < -0.4 is 0 Å². The fourth-order valence-electron chi connectivity index (χ4n) is 4.05. The van der Waals surface area contributed by atoms with Crippen molar-refractivity contribution in [3.8, 4) is 0 Å². The van der Waals surface area contributed by atoms with Crippen LogP contribution in [0.25, 0.3) is 0 Å². The molecule has 1 N–H and O–H groups in total. The van der Waals surface area contributed by atoms with Crippen LogP contribution in [-0.4, -0.2) is 36.5 Å². The van der Waals surface area contributed by atoms with Crippen molar-refractivity contribution in [2.75, 3.05) is 6.54 Å².